The fourth-order valence-corrected chi connectivity index (χ4v) is 2.05. The van der Waals surface area contributed by atoms with Gasteiger partial charge >= 0.3 is 5.97 Å². The first kappa shape index (κ1) is 15.9. The Morgan fingerprint density at radius 1 is 1.05 bits per heavy atom. The van der Waals surface area contributed by atoms with Gasteiger partial charge in [0.05, 0.1) is 20.1 Å². The molecule has 0 spiro atoms. The minimum atomic E-state index is -0.327. The van der Waals surface area contributed by atoms with Crippen LogP contribution in [-0.4, -0.2) is 19.7 Å². The number of carbonyl (C=O) groups is 1. The lowest BCUT2D eigenvalue weighted by Gasteiger charge is -2.10. The number of hydrogen-bond donors (Lipinski definition) is 0. The molecule has 0 atom stereocenters. The highest BCUT2D eigenvalue weighted by atomic mass is 16.6. The number of esters is 1. The molecular formula is C18H20O4. The van der Waals surface area contributed by atoms with Crippen LogP contribution in [0.1, 0.15) is 18.1 Å². The van der Waals surface area contributed by atoms with E-state index in [4.69, 9.17) is 14.2 Å². The lowest BCUT2D eigenvalue weighted by Crippen LogP contribution is -2.12. The molecule has 0 saturated carbocycles. The van der Waals surface area contributed by atoms with Crippen molar-refractivity contribution in [2.24, 2.45) is 0 Å². The molecule has 0 unspecified atom stereocenters. The average Bonchev–Trinajstić information content (AvgIpc) is 2.51. The van der Waals surface area contributed by atoms with Crippen molar-refractivity contribution < 1.29 is 19.0 Å². The van der Waals surface area contributed by atoms with E-state index in [-0.39, 0.29) is 12.4 Å². The van der Waals surface area contributed by atoms with Crippen molar-refractivity contribution in [3.8, 4) is 17.2 Å². The molecule has 0 aliphatic carbocycles. The first-order valence-corrected chi connectivity index (χ1v) is 7.19. The van der Waals surface area contributed by atoms with Crippen LogP contribution in [0.2, 0.25) is 0 Å². The number of carbonyl (C=O) groups excluding carboxylic acids is 1. The van der Waals surface area contributed by atoms with Crippen molar-refractivity contribution in [3.05, 3.63) is 53.6 Å². The van der Waals surface area contributed by atoms with Gasteiger partial charge in [-0.1, -0.05) is 18.2 Å². The van der Waals surface area contributed by atoms with E-state index in [0.29, 0.717) is 18.1 Å². The zero-order valence-corrected chi connectivity index (χ0v) is 13.1. The second-order valence-electron chi connectivity index (χ2n) is 4.88. The minimum Gasteiger partial charge on any atom is -0.494 e. The molecule has 22 heavy (non-hydrogen) atoms. The van der Waals surface area contributed by atoms with Crippen LogP contribution in [0.15, 0.2) is 42.5 Å². The third-order valence-corrected chi connectivity index (χ3v) is 3.13. The second kappa shape index (κ2) is 7.50. The predicted octanol–water partition coefficient (Wildman–Crippen LogP) is 3.55. The highest BCUT2D eigenvalue weighted by molar-refractivity contribution is 5.76. The first-order valence-electron chi connectivity index (χ1n) is 7.19. The highest BCUT2D eigenvalue weighted by Crippen LogP contribution is 2.28. The molecule has 2 aromatic rings. The summed E-state index contributed by atoms with van der Waals surface area (Å²) in [4.78, 5) is 12.0. The lowest BCUT2D eigenvalue weighted by molar-refractivity contribution is -0.133. The minimum absolute atomic E-state index is 0.198. The molecule has 0 radical (unpaired) electrons. The third kappa shape index (κ3) is 4.25. The van der Waals surface area contributed by atoms with E-state index in [0.717, 1.165) is 16.9 Å². The monoisotopic (exact) mass is 300 g/mol. The van der Waals surface area contributed by atoms with E-state index in [9.17, 15) is 4.79 Å². The molecule has 0 saturated heterocycles. The van der Waals surface area contributed by atoms with Gasteiger partial charge in [0.1, 0.15) is 5.75 Å². The molecule has 4 nitrogen and oxygen atoms in total. The molecule has 0 amide bonds. The van der Waals surface area contributed by atoms with Crippen LogP contribution in [-0.2, 0) is 11.2 Å². The Morgan fingerprint density at radius 2 is 1.77 bits per heavy atom. The number of methoxy groups -OCH3 is 1. The van der Waals surface area contributed by atoms with Gasteiger partial charge in [-0.2, -0.15) is 0 Å². The third-order valence-electron chi connectivity index (χ3n) is 3.13. The van der Waals surface area contributed by atoms with Gasteiger partial charge in [-0.15, -0.1) is 0 Å². The van der Waals surface area contributed by atoms with Gasteiger partial charge in [-0.25, -0.2) is 0 Å². The number of hydrogen-bond acceptors (Lipinski definition) is 4. The number of ether oxygens (including phenoxy) is 3. The summed E-state index contributed by atoms with van der Waals surface area (Å²) in [5, 5.41) is 0. The number of benzene rings is 2. The fraction of sp³-hybridized carbons (Fsp3) is 0.278. The molecule has 0 aliphatic rings. The summed E-state index contributed by atoms with van der Waals surface area (Å²) in [6.45, 7) is 4.50. The number of rotatable bonds is 6. The van der Waals surface area contributed by atoms with E-state index >= 15 is 0 Å². The Balaban J connectivity index is 2.01. The standard InChI is InChI=1S/C18H20O4/c1-4-21-15-8-6-14(7-9-15)12-18(19)22-16-10-5-13(2)11-17(16)20-3/h5-11H,4,12H2,1-3H3. The van der Waals surface area contributed by atoms with Gasteiger partial charge < -0.3 is 14.2 Å². The highest BCUT2D eigenvalue weighted by Gasteiger charge is 2.11. The van der Waals surface area contributed by atoms with Crippen LogP contribution in [0.25, 0.3) is 0 Å². The number of aryl methyl sites for hydroxylation is 1. The summed E-state index contributed by atoms with van der Waals surface area (Å²) in [5.41, 5.74) is 1.92. The maximum Gasteiger partial charge on any atom is 0.315 e. The summed E-state index contributed by atoms with van der Waals surface area (Å²) in [5.74, 6) is 1.45. The molecule has 0 heterocycles. The van der Waals surface area contributed by atoms with E-state index < -0.39 is 0 Å². The van der Waals surface area contributed by atoms with E-state index in [1.165, 1.54) is 0 Å². The largest absolute Gasteiger partial charge is 0.494 e. The molecule has 0 bridgehead atoms. The molecule has 4 heteroatoms. The van der Waals surface area contributed by atoms with Crippen LogP contribution in [0.4, 0.5) is 0 Å². The summed E-state index contributed by atoms with van der Waals surface area (Å²) >= 11 is 0. The van der Waals surface area contributed by atoms with Gasteiger partial charge in [-0.05, 0) is 49.2 Å². The molecule has 0 aliphatic heterocycles. The van der Waals surface area contributed by atoms with Gasteiger partial charge in [0.2, 0.25) is 0 Å². The van der Waals surface area contributed by atoms with E-state index in [1.54, 1.807) is 13.2 Å². The van der Waals surface area contributed by atoms with Crippen molar-refractivity contribution in [2.75, 3.05) is 13.7 Å². The topological polar surface area (TPSA) is 44.8 Å². The van der Waals surface area contributed by atoms with Crippen LogP contribution in [0.5, 0.6) is 17.2 Å². The van der Waals surface area contributed by atoms with Crippen molar-refractivity contribution >= 4 is 5.97 Å². The smallest absolute Gasteiger partial charge is 0.315 e. The molecule has 2 aromatic carbocycles. The Kier molecular flexibility index (Phi) is 5.42. The van der Waals surface area contributed by atoms with Crippen molar-refractivity contribution in [1.82, 2.24) is 0 Å². The van der Waals surface area contributed by atoms with E-state index in [2.05, 4.69) is 0 Å². The Labute approximate surface area is 130 Å². The predicted molar refractivity (Wildman–Crippen MR) is 84.7 cm³/mol. The molecule has 0 N–H and O–H groups in total. The molecule has 0 aromatic heterocycles. The van der Waals surface area contributed by atoms with Crippen LogP contribution >= 0.6 is 0 Å². The van der Waals surface area contributed by atoms with Gasteiger partial charge in [0.25, 0.3) is 0 Å². The van der Waals surface area contributed by atoms with Gasteiger partial charge in [0, 0.05) is 0 Å². The molecular weight excluding hydrogens is 280 g/mol. The van der Waals surface area contributed by atoms with Gasteiger partial charge in [0.15, 0.2) is 11.5 Å². The van der Waals surface area contributed by atoms with Gasteiger partial charge in [-0.3, -0.25) is 4.79 Å². The molecule has 0 fully saturated rings. The quantitative estimate of drug-likeness (QED) is 0.604. The summed E-state index contributed by atoms with van der Waals surface area (Å²) < 4.78 is 16.0. The fourth-order valence-electron chi connectivity index (χ4n) is 2.05. The first-order chi connectivity index (χ1) is 10.6. The summed E-state index contributed by atoms with van der Waals surface area (Å²) in [7, 11) is 1.55. The summed E-state index contributed by atoms with van der Waals surface area (Å²) in [6.07, 6.45) is 0.198. The Bertz CT molecular complexity index is 632. The molecule has 116 valence electrons. The average molecular weight is 300 g/mol. The van der Waals surface area contributed by atoms with Crippen LogP contribution in [0.3, 0.4) is 0 Å². The summed E-state index contributed by atoms with van der Waals surface area (Å²) in [6, 6.07) is 12.9. The van der Waals surface area contributed by atoms with Crippen LogP contribution in [0, 0.1) is 6.92 Å². The SMILES string of the molecule is CCOc1ccc(CC(=O)Oc2ccc(C)cc2OC)cc1. The Hall–Kier alpha value is -2.49. The normalized spacial score (nSPS) is 10.1. The molecule has 2 rings (SSSR count). The van der Waals surface area contributed by atoms with E-state index in [1.807, 2.05) is 50.2 Å². The zero-order valence-electron chi connectivity index (χ0n) is 13.1. The lowest BCUT2D eigenvalue weighted by atomic mass is 10.1. The van der Waals surface area contributed by atoms with Crippen molar-refractivity contribution in [1.29, 1.82) is 0 Å². The zero-order chi connectivity index (χ0) is 15.9. The Morgan fingerprint density at radius 3 is 2.41 bits per heavy atom. The maximum atomic E-state index is 12.0. The maximum absolute atomic E-state index is 12.0. The van der Waals surface area contributed by atoms with Crippen molar-refractivity contribution in [3.63, 3.8) is 0 Å². The van der Waals surface area contributed by atoms with Crippen molar-refractivity contribution in [2.45, 2.75) is 20.3 Å². The van der Waals surface area contributed by atoms with Crippen LogP contribution < -0.4 is 14.2 Å². The second-order valence-corrected chi connectivity index (χ2v) is 4.88.